The number of fused-ring (bicyclic) bond motifs is 1. The van der Waals surface area contributed by atoms with Crippen LogP contribution in [-0.2, 0) is 36.9 Å². The second-order valence-corrected chi connectivity index (χ2v) is 8.41. The molecular formula is C24H30O6. The molecule has 2 heterocycles. The molecule has 2 aromatic carbocycles. The summed E-state index contributed by atoms with van der Waals surface area (Å²) in [5, 5.41) is 10.8. The maximum absolute atomic E-state index is 10.8. The van der Waals surface area contributed by atoms with Crippen LogP contribution < -0.4 is 0 Å². The molecule has 1 N–H and O–H groups in total. The first-order valence-electron chi connectivity index (χ1n) is 10.4. The van der Waals surface area contributed by atoms with Gasteiger partial charge >= 0.3 is 0 Å². The Balaban J connectivity index is 1.53. The van der Waals surface area contributed by atoms with Crippen molar-refractivity contribution in [2.24, 2.45) is 0 Å². The van der Waals surface area contributed by atoms with Gasteiger partial charge in [0.25, 0.3) is 0 Å². The Hall–Kier alpha value is -1.80. The van der Waals surface area contributed by atoms with Gasteiger partial charge in [-0.15, -0.1) is 0 Å². The molecule has 30 heavy (non-hydrogen) atoms. The fourth-order valence-corrected chi connectivity index (χ4v) is 4.09. The highest BCUT2D eigenvalue weighted by Crippen LogP contribution is 2.45. The number of hydrogen-bond acceptors (Lipinski definition) is 6. The number of hydrogen-bond donors (Lipinski definition) is 1. The van der Waals surface area contributed by atoms with Gasteiger partial charge in [0.05, 0.1) is 25.9 Å². The van der Waals surface area contributed by atoms with E-state index in [4.69, 9.17) is 23.7 Å². The first-order chi connectivity index (χ1) is 14.4. The lowest BCUT2D eigenvalue weighted by atomic mass is 9.90. The number of aliphatic hydroxyl groups is 1. The van der Waals surface area contributed by atoms with E-state index in [0.29, 0.717) is 13.2 Å². The van der Waals surface area contributed by atoms with Crippen molar-refractivity contribution in [2.75, 3.05) is 6.61 Å². The molecule has 0 spiro atoms. The summed E-state index contributed by atoms with van der Waals surface area (Å²) in [4.78, 5) is 0. The predicted molar refractivity (Wildman–Crippen MR) is 110 cm³/mol. The summed E-state index contributed by atoms with van der Waals surface area (Å²) >= 11 is 0. The Labute approximate surface area is 177 Å². The van der Waals surface area contributed by atoms with Crippen LogP contribution in [0.3, 0.4) is 0 Å². The fourth-order valence-electron chi connectivity index (χ4n) is 4.09. The van der Waals surface area contributed by atoms with E-state index in [-0.39, 0.29) is 6.61 Å². The van der Waals surface area contributed by atoms with Crippen LogP contribution in [0.1, 0.15) is 31.9 Å². The zero-order chi connectivity index (χ0) is 21.2. The van der Waals surface area contributed by atoms with Crippen molar-refractivity contribution in [3.05, 3.63) is 71.8 Å². The predicted octanol–water partition coefficient (Wildman–Crippen LogP) is 3.42. The molecule has 2 unspecified atom stereocenters. The molecule has 2 aromatic rings. The van der Waals surface area contributed by atoms with Gasteiger partial charge in [-0.3, -0.25) is 0 Å². The number of ether oxygens (including phenoxy) is 5. The normalized spacial score (nSPS) is 30.9. The molecule has 5 atom stereocenters. The highest BCUT2D eigenvalue weighted by Gasteiger charge is 2.64. The van der Waals surface area contributed by atoms with Crippen molar-refractivity contribution in [3.8, 4) is 0 Å². The van der Waals surface area contributed by atoms with E-state index in [0.717, 1.165) is 11.1 Å². The molecule has 6 nitrogen and oxygen atoms in total. The molecule has 2 aliphatic heterocycles. The summed E-state index contributed by atoms with van der Waals surface area (Å²) in [5.74, 6) is -0.778. The first-order valence-corrected chi connectivity index (χ1v) is 10.4. The van der Waals surface area contributed by atoms with Crippen molar-refractivity contribution < 1.29 is 28.8 Å². The summed E-state index contributed by atoms with van der Waals surface area (Å²) in [5.41, 5.74) is 0.978. The Bertz CT molecular complexity index is 809. The highest BCUT2D eigenvalue weighted by atomic mass is 16.8. The zero-order valence-electron chi connectivity index (χ0n) is 17.7. The first kappa shape index (κ1) is 21.4. The van der Waals surface area contributed by atoms with E-state index in [1.165, 1.54) is 0 Å². The van der Waals surface area contributed by atoms with Crippen molar-refractivity contribution in [3.63, 3.8) is 0 Å². The lowest BCUT2D eigenvalue weighted by Gasteiger charge is -2.38. The van der Waals surface area contributed by atoms with Gasteiger partial charge in [-0.05, 0) is 31.9 Å². The molecule has 0 radical (unpaired) electrons. The molecule has 0 amide bonds. The number of benzene rings is 2. The second-order valence-electron chi connectivity index (χ2n) is 8.41. The molecule has 2 fully saturated rings. The number of aliphatic hydroxyl groups excluding tert-OH is 1. The van der Waals surface area contributed by atoms with Crippen LogP contribution in [0.5, 0.6) is 0 Å². The third-order valence-corrected chi connectivity index (χ3v) is 5.62. The Morgan fingerprint density at radius 3 is 2.10 bits per heavy atom. The monoisotopic (exact) mass is 414 g/mol. The molecule has 2 aliphatic rings. The summed E-state index contributed by atoms with van der Waals surface area (Å²) < 4.78 is 30.6. The molecule has 6 heteroatoms. The van der Waals surface area contributed by atoms with E-state index in [2.05, 4.69) is 0 Å². The minimum atomic E-state index is -1.10. The van der Waals surface area contributed by atoms with Crippen LogP contribution in [0.2, 0.25) is 0 Å². The molecule has 2 saturated heterocycles. The van der Waals surface area contributed by atoms with Crippen molar-refractivity contribution in [2.45, 2.75) is 70.0 Å². The van der Waals surface area contributed by atoms with Gasteiger partial charge in [0, 0.05) is 0 Å². The minimum absolute atomic E-state index is 0.152. The van der Waals surface area contributed by atoms with Crippen LogP contribution in [0.15, 0.2) is 60.7 Å². The fraction of sp³-hybridized carbons (Fsp3) is 0.500. The van der Waals surface area contributed by atoms with Crippen molar-refractivity contribution in [1.29, 1.82) is 0 Å². The molecule has 162 valence electrons. The molecule has 0 aromatic heterocycles. The lowest BCUT2D eigenvalue weighted by Crippen LogP contribution is -2.56. The smallest absolute Gasteiger partial charge is 0.190 e. The van der Waals surface area contributed by atoms with E-state index in [1.807, 2.05) is 74.5 Å². The summed E-state index contributed by atoms with van der Waals surface area (Å²) in [6, 6.07) is 19.8. The van der Waals surface area contributed by atoms with Gasteiger partial charge in [0.15, 0.2) is 12.1 Å². The molecular weight excluding hydrogens is 384 g/mol. The average Bonchev–Trinajstić information content (AvgIpc) is 3.17. The molecule has 4 rings (SSSR count). The topological polar surface area (TPSA) is 66.4 Å². The van der Waals surface area contributed by atoms with E-state index < -0.39 is 36.0 Å². The van der Waals surface area contributed by atoms with Gasteiger partial charge < -0.3 is 28.8 Å². The SMILES string of the molecule is CC(O)[C@]1(COCc2ccccc2)O[C@H]2OC(C)(C)OC2[C@H]1OCc1ccccc1. The summed E-state index contributed by atoms with van der Waals surface area (Å²) in [7, 11) is 0. The molecule has 0 bridgehead atoms. The lowest BCUT2D eigenvalue weighted by molar-refractivity contribution is -0.273. The Morgan fingerprint density at radius 2 is 1.50 bits per heavy atom. The largest absolute Gasteiger partial charge is 0.390 e. The van der Waals surface area contributed by atoms with Crippen LogP contribution in [-0.4, -0.2) is 47.7 Å². The van der Waals surface area contributed by atoms with Crippen molar-refractivity contribution >= 4 is 0 Å². The van der Waals surface area contributed by atoms with Crippen LogP contribution in [0, 0.1) is 0 Å². The Morgan fingerprint density at radius 1 is 0.900 bits per heavy atom. The second kappa shape index (κ2) is 8.75. The third-order valence-electron chi connectivity index (χ3n) is 5.62. The van der Waals surface area contributed by atoms with Gasteiger partial charge in [0.1, 0.15) is 17.8 Å². The molecule has 0 aliphatic carbocycles. The maximum atomic E-state index is 10.8. The average molecular weight is 414 g/mol. The van der Waals surface area contributed by atoms with Gasteiger partial charge in [-0.2, -0.15) is 0 Å². The standard InChI is InChI=1S/C24H30O6/c1-17(25)24(16-26-14-18-10-6-4-7-11-18)21(27-15-19-12-8-5-9-13-19)20-22(30-24)29-23(2,3)28-20/h4-13,17,20-22,25H,14-16H2,1-3H3/t17?,20?,21-,22-,24+/m1/s1. The van der Waals surface area contributed by atoms with Gasteiger partial charge in [-0.1, -0.05) is 60.7 Å². The van der Waals surface area contributed by atoms with Crippen molar-refractivity contribution in [1.82, 2.24) is 0 Å². The summed E-state index contributed by atoms with van der Waals surface area (Å²) in [6.45, 7) is 6.32. The third kappa shape index (κ3) is 4.44. The molecule has 0 saturated carbocycles. The van der Waals surface area contributed by atoms with E-state index in [9.17, 15) is 5.11 Å². The van der Waals surface area contributed by atoms with Gasteiger partial charge in [-0.25, -0.2) is 0 Å². The maximum Gasteiger partial charge on any atom is 0.190 e. The van der Waals surface area contributed by atoms with Gasteiger partial charge in [0.2, 0.25) is 0 Å². The van der Waals surface area contributed by atoms with Crippen LogP contribution >= 0.6 is 0 Å². The van der Waals surface area contributed by atoms with E-state index >= 15 is 0 Å². The van der Waals surface area contributed by atoms with E-state index in [1.54, 1.807) is 6.92 Å². The highest BCUT2D eigenvalue weighted by molar-refractivity contribution is 5.15. The van der Waals surface area contributed by atoms with Crippen LogP contribution in [0.25, 0.3) is 0 Å². The quantitative estimate of drug-likeness (QED) is 0.714. The number of rotatable bonds is 8. The Kier molecular flexibility index (Phi) is 6.25. The van der Waals surface area contributed by atoms with Crippen LogP contribution in [0.4, 0.5) is 0 Å². The zero-order valence-corrected chi connectivity index (χ0v) is 17.7. The minimum Gasteiger partial charge on any atom is -0.390 e. The summed E-state index contributed by atoms with van der Waals surface area (Å²) in [6.07, 6.45) is -2.50.